The number of aryl methyl sites for hydroxylation is 4. The van der Waals surface area contributed by atoms with Crippen molar-refractivity contribution in [3.8, 4) is 23.0 Å². The molecule has 8 aromatic rings. The van der Waals surface area contributed by atoms with Crippen LogP contribution in [0.25, 0.3) is 0 Å². The molecule has 7 N–H and O–H groups in total. The van der Waals surface area contributed by atoms with Crippen LogP contribution in [-0.2, 0) is 50.6 Å². The summed E-state index contributed by atoms with van der Waals surface area (Å²) in [6.07, 6.45) is 18.1. The number of carboxylic acid groups (broad SMARTS) is 1. The molecule has 572 valence electrons. The van der Waals surface area contributed by atoms with Crippen molar-refractivity contribution in [1.29, 1.82) is 0 Å². The number of nitrogens with two attached hydrogens (primary N) is 1. The van der Waals surface area contributed by atoms with Gasteiger partial charge in [0.2, 0.25) is 5.91 Å². The number of amides is 6. The Morgan fingerprint density at radius 3 is 1.46 bits per heavy atom. The molecule has 2 atom stereocenters. The van der Waals surface area contributed by atoms with Gasteiger partial charge in [-0.1, -0.05) is 87.0 Å². The first-order valence-electron chi connectivity index (χ1n) is 34.5. The standard InChI is InChI=1S/C38H43N7O6S2.C21H20N2O5.C18H26N4O2S2.CH4/c1-38(2,53-52-6)22-40-35(47)30-16-25(21-43(30)3)42-36(48)31-15-24(20-44(31)4)41-34(46)12-9-13-51-33-18-28-27(17-32(33)50-5)37(49)45-26(19-39-28)14-23-10-7-8-11-29(23)45;1-27-18-10-15-16(11-19(18)28-8-4-7-20(24)25)22-12-14-9-13-5-2-3-6-17(13)23(14)21(15)26;1-18(2,26-25-5)7-6-16(23)14-9-13(11-22(14)4)20-17(24)15-8-12(19)10-21(15)3;/h7-8,10-11,15-21,26H,9,12-14,22H2,1-6H3,(H,40,47)(H,41,46)(H,42,48);2-3,5-6,10-12,14H,4,7-9H2,1H3,(H,24,25);8-11H,6-7,19H2,1-5H3,(H,20,24);1H4/t26-;14-;;/m00../s1. The van der Waals surface area contributed by atoms with E-state index in [1.807, 2.05) is 68.1 Å². The molecule has 30 heteroatoms. The van der Waals surface area contributed by atoms with Crippen LogP contribution in [0.3, 0.4) is 0 Å². The van der Waals surface area contributed by atoms with Gasteiger partial charge < -0.3 is 69.3 Å². The fraction of sp³-hybridized carbons (Fsp3) is 0.359. The number of fused-ring (bicyclic) bond motifs is 8. The lowest BCUT2D eigenvalue weighted by molar-refractivity contribution is -0.137. The molecular weight excluding hydrogens is 1460 g/mol. The third-order valence-corrected chi connectivity index (χ3v) is 23.2. The number of ether oxygens (including phenoxy) is 4. The number of nitrogens with zero attached hydrogens (tertiary/aromatic N) is 8. The van der Waals surface area contributed by atoms with Gasteiger partial charge in [-0.05, 0) is 119 Å². The summed E-state index contributed by atoms with van der Waals surface area (Å²) in [7, 11) is 16.9. The van der Waals surface area contributed by atoms with Crippen LogP contribution in [0.2, 0.25) is 0 Å². The molecule has 0 fully saturated rings. The number of nitrogen functional groups attached to an aromatic ring is 1. The Hall–Kier alpha value is -10.3. The minimum atomic E-state index is -0.867. The zero-order chi connectivity index (χ0) is 77.0. The highest BCUT2D eigenvalue weighted by atomic mass is 33.1. The van der Waals surface area contributed by atoms with Crippen molar-refractivity contribution in [3.05, 3.63) is 167 Å². The Kier molecular flexibility index (Phi) is 27.3. The largest absolute Gasteiger partial charge is 0.493 e. The molecule has 0 bridgehead atoms. The molecule has 0 saturated heterocycles. The summed E-state index contributed by atoms with van der Waals surface area (Å²) < 4.78 is 29.3. The second-order valence-corrected chi connectivity index (χ2v) is 33.3. The number of carbonyl (C=O) groups excluding carboxylic acids is 7. The lowest BCUT2D eigenvalue weighted by atomic mass is 10.0. The Morgan fingerprint density at radius 1 is 0.556 bits per heavy atom. The van der Waals surface area contributed by atoms with Gasteiger partial charge in [-0.25, -0.2) is 0 Å². The average Bonchev–Trinajstić information content (AvgIpc) is 1.60. The van der Waals surface area contributed by atoms with Gasteiger partial charge in [0.05, 0.1) is 90.5 Å². The van der Waals surface area contributed by atoms with Crippen LogP contribution < -0.4 is 55.7 Å². The first-order chi connectivity index (χ1) is 51.1. The summed E-state index contributed by atoms with van der Waals surface area (Å²) in [6, 6.07) is 28.7. The predicted octanol–water partition coefficient (Wildman–Crippen LogP) is 14.0. The van der Waals surface area contributed by atoms with Crippen LogP contribution in [0.1, 0.15) is 147 Å². The summed E-state index contributed by atoms with van der Waals surface area (Å²) in [5.74, 6) is -0.490. The Labute approximate surface area is 644 Å². The van der Waals surface area contributed by atoms with E-state index in [0.717, 1.165) is 35.3 Å². The van der Waals surface area contributed by atoms with Gasteiger partial charge in [-0.2, -0.15) is 0 Å². The highest BCUT2D eigenvalue weighted by Gasteiger charge is 2.39. The summed E-state index contributed by atoms with van der Waals surface area (Å²) in [5.41, 5.74) is 15.5. The van der Waals surface area contributed by atoms with Gasteiger partial charge in [-0.15, -0.1) is 0 Å². The maximum absolute atomic E-state index is 13.7. The Balaban J connectivity index is 0.000000205. The highest BCUT2D eigenvalue weighted by Crippen LogP contribution is 2.44. The number of methoxy groups -OCH3 is 2. The van der Waals surface area contributed by atoms with Crippen LogP contribution in [-0.4, -0.2) is 151 Å². The van der Waals surface area contributed by atoms with E-state index >= 15 is 0 Å². The van der Waals surface area contributed by atoms with E-state index in [1.54, 1.807) is 178 Å². The number of carboxylic acids is 1. The van der Waals surface area contributed by atoms with Crippen LogP contribution >= 0.6 is 43.2 Å². The number of aliphatic imine (C=N–C) groups is 2. The minimum Gasteiger partial charge on any atom is -0.493 e. The predicted molar refractivity (Wildman–Crippen MR) is 434 cm³/mol. The third-order valence-electron chi connectivity index (χ3n) is 17.9. The van der Waals surface area contributed by atoms with Crippen LogP contribution in [0.5, 0.6) is 23.0 Å². The lowest BCUT2D eigenvalue weighted by Gasteiger charge is -2.22. The number of carbonyl (C=O) groups is 8. The van der Waals surface area contributed by atoms with Crippen molar-refractivity contribution in [3.63, 3.8) is 0 Å². The third kappa shape index (κ3) is 19.9. The maximum atomic E-state index is 13.7. The number of rotatable bonds is 28. The SMILES string of the molecule is C.COc1cc2c(cc1OCCCC(=O)Nc1cc(C(=O)Nc3cc(C(=O)NCC(C)(C)SSC)n(C)c3)n(C)c1)N=C[C@@H]1Cc3ccccc3N1C2=O.COc1cc2c(cc1OCCCC(=O)O)N=C[C@@H]1Cc3ccccc3N1C2=O.CSSC(C)(C)CCC(=O)c1cc(NC(=O)c2cc(N)cn2C)cn1C. The average molecular weight is 1550 g/mol. The molecule has 0 spiro atoms. The van der Waals surface area contributed by atoms with Gasteiger partial charge in [0.25, 0.3) is 29.5 Å². The number of ketones is 1. The molecule has 108 heavy (non-hydrogen) atoms. The maximum Gasteiger partial charge on any atom is 0.303 e. The number of para-hydroxylation sites is 2. The van der Waals surface area contributed by atoms with Crippen molar-refractivity contribution in [2.75, 3.05) is 78.0 Å². The van der Waals surface area contributed by atoms with E-state index in [2.05, 4.69) is 58.9 Å². The second kappa shape index (κ2) is 36.1. The zero-order valence-electron chi connectivity index (χ0n) is 61.8. The van der Waals surface area contributed by atoms with Gasteiger partial charge in [-0.3, -0.25) is 58.1 Å². The van der Waals surface area contributed by atoms with Crippen LogP contribution in [0.4, 0.5) is 45.5 Å². The Bertz CT molecular complexity index is 4740. The zero-order valence-corrected chi connectivity index (χ0v) is 65.0. The van der Waals surface area contributed by atoms with Gasteiger partial charge in [0.1, 0.15) is 17.1 Å². The van der Waals surface area contributed by atoms with Crippen LogP contribution in [0, 0.1) is 0 Å². The summed E-state index contributed by atoms with van der Waals surface area (Å²) in [6.45, 7) is 9.36. The van der Waals surface area contributed by atoms with E-state index in [-0.39, 0.29) is 96.3 Å². The summed E-state index contributed by atoms with van der Waals surface area (Å²) in [5, 5.41) is 20.2. The topological polar surface area (TPSA) is 319 Å². The molecule has 0 unspecified atom stereocenters. The molecule has 12 rings (SSSR count). The molecule has 6 amide bonds. The van der Waals surface area contributed by atoms with Crippen molar-refractivity contribution in [2.24, 2.45) is 38.2 Å². The van der Waals surface area contributed by atoms with Gasteiger partial charge in [0, 0.05) is 137 Å². The summed E-state index contributed by atoms with van der Waals surface area (Å²) >= 11 is 0. The first kappa shape index (κ1) is 81.8. The summed E-state index contributed by atoms with van der Waals surface area (Å²) in [4.78, 5) is 114. The first-order valence-corrected chi connectivity index (χ1v) is 39.6. The molecule has 4 aromatic heterocycles. The number of anilines is 6. The normalized spacial score (nSPS) is 14.3. The number of hydrogen-bond donors (Lipinski definition) is 6. The molecule has 4 aliphatic heterocycles. The molecule has 0 radical (unpaired) electrons. The van der Waals surface area contributed by atoms with Crippen molar-refractivity contribution in [2.45, 2.75) is 108 Å². The van der Waals surface area contributed by atoms with E-state index < -0.39 is 5.97 Å². The second-order valence-electron chi connectivity index (χ2n) is 27.1. The number of hydrogen-bond acceptors (Lipinski definition) is 19. The molecule has 26 nitrogen and oxygen atoms in total. The fourth-order valence-electron chi connectivity index (χ4n) is 12.7. The fourth-order valence-corrected chi connectivity index (χ4v) is 17.1. The quantitative estimate of drug-likeness (QED) is 0.0151. The molecule has 8 heterocycles. The van der Waals surface area contributed by atoms with E-state index in [0.29, 0.717) is 123 Å². The van der Waals surface area contributed by atoms with Crippen molar-refractivity contribution in [1.82, 2.24) is 23.6 Å². The number of benzene rings is 4. The van der Waals surface area contributed by atoms with E-state index in [4.69, 9.17) is 29.8 Å². The molecule has 0 saturated carbocycles. The van der Waals surface area contributed by atoms with E-state index in [1.165, 1.54) is 14.2 Å². The molecule has 4 aliphatic rings. The van der Waals surface area contributed by atoms with Gasteiger partial charge >= 0.3 is 5.97 Å². The van der Waals surface area contributed by atoms with Gasteiger partial charge in [0.15, 0.2) is 28.8 Å². The van der Waals surface area contributed by atoms with Crippen LogP contribution in [0.15, 0.2) is 132 Å². The van der Waals surface area contributed by atoms with Crippen molar-refractivity contribution >= 4 is 148 Å². The molecular formula is C78H93N13O13S4. The molecule has 4 aromatic carbocycles. The number of Topliss-reactive ketones (excluding diaryl/α,β-unsaturated/α-hetero) is 1. The number of aromatic nitrogens is 4. The number of nitrogens with one attached hydrogen (secondary N) is 4. The Morgan fingerprint density at radius 2 is 0.991 bits per heavy atom. The number of aliphatic carboxylic acids is 1. The monoisotopic (exact) mass is 1550 g/mol. The highest BCUT2D eigenvalue weighted by molar-refractivity contribution is 8.77. The van der Waals surface area contributed by atoms with Crippen molar-refractivity contribution < 1.29 is 62.4 Å². The molecule has 0 aliphatic carbocycles. The minimum absolute atomic E-state index is 0. The van der Waals surface area contributed by atoms with E-state index in [9.17, 15) is 38.4 Å². The lowest BCUT2D eigenvalue weighted by Crippen LogP contribution is -2.37. The smallest absolute Gasteiger partial charge is 0.303 e.